The summed E-state index contributed by atoms with van der Waals surface area (Å²) in [6.45, 7) is 0.398. The predicted octanol–water partition coefficient (Wildman–Crippen LogP) is 2.49. The zero-order valence-corrected chi connectivity index (χ0v) is 12.1. The molecule has 0 aliphatic carbocycles. The summed E-state index contributed by atoms with van der Waals surface area (Å²) in [6.07, 6.45) is 1.12. The van der Waals surface area contributed by atoms with Crippen LogP contribution in [0.2, 0.25) is 0 Å². The van der Waals surface area contributed by atoms with E-state index in [0.29, 0.717) is 18.3 Å². The maximum Gasteiger partial charge on any atom is 0.224 e. The molecule has 2 heterocycles. The van der Waals surface area contributed by atoms with Crippen LogP contribution >= 0.6 is 27.3 Å². The molecular weight excluding hydrogens is 316 g/mol. The van der Waals surface area contributed by atoms with Crippen LogP contribution in [0.1, 0.15) is 11.7 Å². The van der Waals surface area contributed by atoms with Crippen LogP contribution in [0.5, 0.6) is 0 Å². The zero-order chi connectivity index (χ0) is 13.0. The molecule has 96 valence electrons. The standard InChI is InChI=1S/C11H13BrN4OS/c1-13-11-15-4-8(12)10(16-11)14-5-9(17)7-2-3-18-6-7/h2-4,6,9,17H,5H2,1H3,(H2,13,14,15,16). The Hall–Kier alpha value is -1.18. The van der Waals surface area contributed by atoms with Crippen LogP contribution in [0.15, 0.2) is 27.5 Å². The molecule has 0 saturated heterocycles. The van der Waals surface area contributed by atoms with Crippen molar-refractivity contribution < 1.29 is 5.11 Å². The molecule has 0 radical (unpaired) electrons. The molecule has 3 N–H and O–H groups in total. The molecule has 0 bridgehead atoms. The molecule has 2 aromatic heterocycles. The minimum Gasteiger partial charge on any atom is -0.387 e. The molecule has 1 atom stereocenters. The molecule has 1 unspecified atom stereocenters. The summed E-state index contributed by atoms with van der Waals surface area (Å²) in [5.41, 5.74) is 0.909. The van der Waals surface area contributed by atoms with E-state index in [0.717, 1.165) is 10.0 Å². The van der Waals surface area contributed by atoms with Gasteiger partial charge in [0.25, 0.3) is 0 Å². The van der Waals surface area contributed by atoms with Gasteiger partial charge in [-0.1, -0.05) is 0 Å². The van der Waals surface area contributed by atoms with Gasteiger partial charge in [-0.15, -0.1) is 0 Å². The van der Waals surface area contributed by atoms with E-state index in [1.165, 1.54) is 0 Å². The van der Waals surface area contributed by atoms with Gasteiger partial charge >= 0.3 is 0 Å². The van der Waals surface area contributed by atoms with Crippen LogP contribution in [0, 0.1) is 0 Å². The maximum atomic E-state index is 9.96. The molecular formula is C11H13BrN4OS. The van der Waals surface area contributed by atoms with Crippen molar-refractivity contribution in [2.24, 2.45) is 0 Å². The quantitative estimate of drug-likeness (QED) is 0.786. The second-order valence-electron chi connectivity index (χ2n) is 3.59. The molecule has 0 aliphatic rings. The number of hydrogen-bond donors (Lipinski definition) is 3. The lowest BCUT2D eigenvalue weighted by molar-refractivity contribution is 0.192. The van der Waals surface area contributed by atoms with Crippen LogP contribution in [0.25, 0.3) is 0 Å². The van der Waals surface area contributed by atoms with Crippen LogP contribution in [-0.2, 0) is 0 Å². The summed E-state index contributed by atoms with van der Waals surface area (Å²) in [5, 5.41) is 19.8. The first-order valence-electron chi connectivity index (χ1n) is 5.35. The highest BCUT2D eigenvalue weighted by Gasteiger charge is 2.10. The van der Waals surface area contributed by atoms with Gasteiger partial charge in [-0.25, -0.2) is 4.98 Å². The van der Waals surface area contributed by atoms with Gasteiger partial charge in [-0.2, -0.15) is 16.3 Å². The molecule has 0 fully saturated rings. The van der Waals surface area contributed by atoms with Gasteiger partial charge in [0.2, 0.25) is 5.95 Å². The number of nitrogens with one attached hydrogen (secondary N) is 2. The highest BCUT2D eigenvalue weighted by Crippen LogP contribution is 2.22. The number of nitrogens with zero attached hydrogens (tertiary/aromatic N) is 2. The lowest BCUT2D eigenvalue weighted by Crippen LogP contribution is -2.13. The summed E-state index contributed by atoms with van der Waals surface area (Å²) < 4.78 is 0.763. The Morgan fingerprint density at radius 2 is 2.39 bits per heavy atom. The smallest absolute Gasteiger partial charge is 0.224 e. The lowest BCUT2D eigenvalue weighted by Gasteiger charge is -2.12. The molecule has 0 saturated carbocycles. The normalized spacial score (nSPS) is 12.2. The fraction of sp³-hybridized carbons (Fsp3) is 0.273. The molecule has 2 rings (SSSR count). The van der Waals surface area contributed by atoms with Crippen LogP contribution in [0.4, 0.5) is 11.8 Å². The Balaban J connectivity index is 2.01. The summed E-state index contributed by atoms with van der Waals surface area (Å²) in [7, 11) is 1.76. The summed E-state index contributed by atoms with van der Waals surface area (Å²) >= 11 is 4.93. The fourth-order valence-corrected chi connectivity index (χ4v) is 2.43. The van der Waals surface area contributed by atoms with E-state index in [-0.39, 0.29) is 0 Å². The van der Waals surface area contributed by atoms with Gasteiger partial charge in [0.1, 0.15) is 5.82 Å². The number of halogens is 1. The van der Waals surface area contributed by atoms with Gasteiger partial charge in [0.05, 0.1) is 10.6 Å². The van der Waals surface area contributed by atoms with Crippen molar-refractivity contribution in [2.45, 2.75) is 6.10 Å². The number of thiophene rings is 1. The Morgan fingerprint density at radius 3 is 3.06 bits per heavy atom. The highest BCUT2D eigenvalue weighted by molar-refractivity contribution is 9.10. The molecule has 0 aliphatic heterocycles. The average Bonchev–Trinajstić information content (AvgIpc) is 2.91. The number of anilines is 2. The minimum atomic E-state index is -0.545. The van der Waals surface area contributed by atoms with Gasteiger partial charge in [-0.3, -0.25) is 0 Å². The third-order valence-corrected chi connectivity index (χ3v) is 3.64. The van der Waals surface area contributed by atoms with Crippen molar-refractivity contribution in [1.29, 1.82) is 0 Å². The van der Waals surface area contributed by atoms with E-state index in [9.17, 15) is 5.11 Å². The fourth-order valence-electron chi connectivity index (χ4n) is 1.39. The van der Waals surface area contributed by atoms with Crippen LogP contribution in [-0.4, -0.2) is 28.7 Å². The Labute approximate surface area is 117 Å². The van der Waals surface area contributed by atoms with Crippen LogP contribution in [0.3, 0.4) is 0 Å². The number of aliphatic hydroxyl groups is 1. The second-order valence-corrected chi connectivity index (χ2v) is 5.23. The molecule has 7 heteroatoms. The summed E-state index contributed by atoms with van der Waals surface area (Å²) in [5.74, 6) is 1.19. The molecule has 5 nitrogen and oxygen atoms in total. The van der Waals surface area contributed by atoms with Crippen molar-refractivity contribution in [3.8, 4) is 0 Å². The summed E-state index contributed by atoms with van der Waals surface area (Å²) in [4.78, 5) is 8.32. The third-order valence-electron chi connectivity index (χ3n) is 2.36. The third kappa shape index (κ3) is 3.18. The molecule has 0 amide bonds. The molecule has 18 heavy (non-hydrogen) atoms. The van der Waals surface area contributed by atoms with Gasteiger partial charge in [-0.05, 0) is 38.3 Å². The van der Waals surface area contributed by atoms with Gasteiger partial charge < -0.3 is 15.7 Å². The topological polar surface area (TPSA) is 70.1 Å². The largest absolute Gasteiger partial charge is 0.387 e. The maximum absolute atomic E-state index is 9.96. The minimum absolute atomic E-state index is 0.398. The van der Waals surface area contributed by atoms with Crippen molar-refractivity contribution in [1.82, 2.24) is 9.97 Å². The van der Waals surface area contributed by atoms with E-state index in [2.05, 4.69) is 36.5 Å². The SMILES string of the molecule is CNc1ncc(Br)c(NCC(O)c2ccsc2)n1. The van der Waals surface area contributed by atoms with E-state index < -0.39 is 6.10 Å². The zero-order valence-electron chi connectivity index (χ0n) is 9.72. The number of rotatable bonds is 5. The van der Waals surface area contributed by atoms with Crippen molar-refractivity contribution in [2.75, 3.05) is 24.2 Å². The van der Waals surface area contributed by atoms with E-state index >= 15 is 0 Å². The summed E-state index contributed by atoms with van der Waals surface area (Å²) in [6, 6.07) is 1.91. The first-order valence-corrected chi connectivity index (χ1v) is 7.08. The Morgan fingerprint density at radius 1 is 1.56 bits per heavy atom. The van der Waals surface area contributed by atoms with E-state index in [1.807, 2.05) is 16.8 Å². The first-order chi connectivity index (χ1) is 8.70. The Kier molecular flexibility index (Phi) is 4.51. The van der Waals surface area contributed by atoms with Crippen molar-refractivity contribution >= 4 is 39.0 Å². The first kappa shape index (κ1) is 13.3. The average molecular weight is 329 g/mol. The number of aliphatic hydroxyl groups excluding tert-OH is 1. The van der Waals surface area contributed by atoms with Crippen LogP contribution < -0.4 is 10.6 Å². The second kappa shape index (κ2) is 6.12. The number of hydrogen-bond acceptors (Lipinski definition) is 6. The lowest BCUT2D eigenvalue weighted by atomic mass is 10.2. The molecule has 0 spiro atoms. The monoisotopic (exact) mass is 328 g/mol. The molecule has 0 aromatic carbocycles. The van der Waals surface area contributed by atoms with Gasteiger partial charge in [0.15, 0.2) is 0 Å². The van der Waals surface area contributed by atoms with E-state index in [4.69, 9.17) is 0 Å². The van der Waals surface area contributed by atoms with Crippen molar-refractivity contribution in [3.05, 3.63) is 33.1 Å². The van der Waals surface area contributed by atoms with Gasteiger partial charge in [0, 0.05) is 19.8 Å². The predicted molar refractivity (Wildman–Crippen MR) is 77.0 cm³/mol. The van der Waals surface area contributed by atoms with E-state index in [1.54, 1.807) is 24.6 Å². The Bertz CT molecular complexity index is 506. The molecule has 2 aromatic rings. The highest BCUT2D eigenvalue weighted by atomic mass is 79.9. The number of aromatic nitrogens is 2. The van der Waals surface area contributed by atoms with Crippen molar-refractivity contribution in [3.63, 3.8) is 0 Å².